The van der Waals surface area contributed by atoms with Crippen LogP contribution < -0.4 is 15.4 Å². The van der Waals surface area contributed by atoms with Gasteiger partial charge in [-0.2, -0.15) is 0 Å². The maximum absolute atomic E-state index is 13.4. The van der Waals surface area contributed by atoms with Crippen molar-refractivity contribution >= 4 is 11.8 Å². The van der Waals surface area contributed by atoms with Crippen molar-refractivity contribution in [3.05, 3.63) is 65.5 Å². The van der Waals surface area contributed by atoms with Crippen molar-refractivity contribution in [3.8, 4) is 5.75 Å². The summed E-state index contributed by atoms with van der Waals surface area (Å²) in [6.07, 6.45) is 2.03. The molecule has 0 radical (unpaired) electrons. The van der Waals surface area contributed by atoms with Gasteiger partial charge in [0, 0.05) is 25.2 Å². The fourth-order valence-corrected chi connectivity index (χ4v) is 3.60. The first-order valence-electron chi connectivity index (χ1n) is 11.4. The Balaban J connectivity index is 1.49. The first-order valence-corrected chi connectivity index (χ1v) is 11.4. The Bertz CT molecular complexity index is 884. The van der Waals surface area contributed by atoms with Gasteiger partial charge in [0.15, 0.2) is 0 Å². The number of ether oxygens (including phenoxy) is 2. The van der Waals surface area contributed by atoms with E-state index in [1.165, 1.54) is 12.1 Å². The second-order valence-electron chi connectivity index (χ2n) is 7.93. The molecule has 0 saturated carbocycles. The van der Waals surface area contributed by atoms with E-state index in [1.54, 1.807) is 36.4 Å². The zero-order valence-electron chi connectivity index (χ0n) is 19.0. The van der Waals surface area contributed by atoms with Crippen LogP contribution in [0.3, 0.4) is 0 Å². The van der Waals surface area contributed by atoms with Gasteiger partial charge < -0.3 is 20.1 Å². The molecule has 178 valence electrons. The fourth-order valence-electron chi connectivity index (χ4n) is 3.60. The molecular weight excluding hydrogens is 425 g/mol. The molecule has 1 heterocycles. The highest BCUT2D eigenvalue weighted by Gasteiger charge is 2.23. The van der Waals surface area contributed by atoms with E-state index < -0.39 is 0 Å². The number of nitrogens with one attached hydrogen (secondary N) is 2. The van der Waals surface area contributed by atoms with Gasteiger partial charge >= 0.3 is 0 Å². The number of amides is 2. The third-order valence-electron chi connectivity index (χ3n) is 5.53. The van der Waals surface area contributed by atoms with E-state index in [2.05, 4.69) is 22.5 Å². The lowest BCUT2D eigenvalue weighted by Crippen LogP contribution is -2.45. The van der Waals surface area contributed by atoms with Crippen LogP contribution in [0.5, 0.6) is 5.75 Å². The summed E-state index contributed by atoms with van der Waals surface area (Å²) in [6.45, 7) is 5.65. The molecule has 1 unspecified atom stereocenters. The molecule has 1 atom stereocenters. The first kappa shape index (κ1) is 24.7. The van der Waals surface area contributed by atoms with Crippen molar-refractivity contribution in [1.82, 2.24) is 15.5 Å². The van der Waals surface area contributed by atoms with Gasteiger partial charge in [-0.15, -0.1) is 0 Å². The zero-order valence-corrected chi connectivity index (χ0v) is 19.0. The van der Waals surface area contributed by atoms with Gasteiger partial charge in [-0.1, -0.05) is 25.5 Å². The van der Waals surface area contributed by atoms with Crippen molar-refractivity contribution in [3.63, 3.8) is 0 Å². The van der Waals surface area contributed by atoms with E-state index in [0.29, 0.717) is 37.7 Å². The molecule has 8 heteroatoms. The molecule has 0 aliphatic carbocycles. The first-order chi connectivity index (χ1) is 16.1. The van der Waals surface area contributed by atoms with Crippen LogP contribution in [0.1, 0.15) is 41.7 Å². The Morgan fingerprint density at radius 3 is 2.42 bits per heavy atom. The number of hydrogen-bond acceptors (Lipinski definition) is 5. The summed E-state index contributed by atoms with van der Waals surface area (Å²) in [5, 5.41) is 5.53. The molecule has 1 fully saturated rings. The molecule has 2 aromatic rings. The van der Waals surface area contributed by atoms with E-state index in [-0.39, 0.29) is 30.2 Å². The summed E-state index contributed by atoms with van der Waals surface area (Å²) in [7, 11) is 0. The average molecular weight is 458 g/mol. The molecule has 1 aliphatic rings. The topological polar surface area (TPSA) is 79.9 Å². The van der Waals surface area contributed by atoms with Gasteiger partial charge in [-0.25, -0.2) is 4.39 Å². The fraction of sp³-hybridized carbons (Fsp3) is 0.440. The van der Waals surface area contributed by atoms with E-state index in [1.807, 2.05) is 0 Å². The highest BCUT2D eigenvalue weighted by molar-refractivity contribution is 5.96. The molecule has 3 rings (SSSR count). The average Bonchev–Trinajstić information content (AvgIpc) is 2.85. The minimum atomic E-state index is -0.325. The van der Waals surface area contributed by atoms with E-state index in [4.69, 9.17) is 9.47 Å². The molecule has 7 nitrogen and oxygen atoms in total. The number of rotatable bonds is 11. The molecule has 2 amide bonds. The largest absolute Gasteiger partial charge is 0.494 e. The molecule has 2 aromatic carbocycles. The lowest BCUT2D eigenvalue weighted by molar-refractivity contribution is -0.120. The molecular formula is C25H32FN3O4. The van der Waals surface area contributed by atoms with Gasteiger partial charge in [0.05, 0.1) is 32.4 Å². The van der Waals surface area contributed by atoms with Crippen LogP contribution in [-0.4, -0.2) is 62.7 Å². The predicted octanol–water partition coefficient (Wildman–Crippen LogP) is 2.92. The summed E-state index contributed by atoms with van der Waals surface area (Å²) in [5.74, 6) is -0.198. The second kappa shape index (κ2) is 12.9. The minimum absolute atomic E-state index is 0.102. The Morgan fingerprint density at radius 1 is 1.06 bits per heavy atom. The summed E-state index contributed by atoms with van der Waals surface area (Å²) < 4.78 is 24.4. The Labute approximate surface area is 194 Å². The molecule has 33 heavy (non-hydrogen) atoms. The number of morpholine rings is 1. The summed E-state index contributed by atoms with van der Waals surface area (Å²) in [5.41, 5.74) is 1.38. The van der Waals surface area contributed by atoms with E-state index in [0.717, 1.165) is 31.5 Å². The molecule has 0 spiro atoms. The highest BCUT2D eigenvalue weighted by Crippen LogP contribution is 2.21. The summed E-state index contributed by atoms with van der Waals surface area (Å²) >= 11 is 0. The molecule has 0 bridgehead atoms. The Kier molecular flexibility index (Phi) is 9.65. The minimum Gasteiger partial charge on any atom is -0.494 e. The number of carbonyl (C=O) groups excluding carboxylic acids is 2. The van der Waals surface area contributed by atoms with Crippen molar-refractivity contribution in [1.29, 1.82) is 0 Å². The maximum atomic E-state index is 13.4. The SMILES string of the molecule is CCCCOc1ccc(C(=O)NCC(=O)NCC(c2ccc(F)cc2)N2CCOCC2)cc1. The monoisotopic (exact) mass is 457 g/mol. The summed E-state index contributed by atoms with van der Waals surface area (Å²) in [4.78, 5) is 27.0. The Hall–Kier alpha value is -2.97. The van der Waals surface area contributed by atoms with Crippen molar-refractivity contribution < 1.29 is 23.5 Å². The van der Waals surface area contributed by atoms with Crippen LogP contribution in [0.4, 0.5) is 4.39 Å². The van der Waals surface area contributed by atoms with Gasteiger partial charge in [-0.3, -0.25) is 14.5 Å². The maximum Gasteiger partial charge on any atom is 0.251 e. The standard InChI is InChI=1S/C25H32FN3O4/c1-2-3-14-33-22-10-6-20(7-11-22)25(31)28-18-24(30)27-17-23(29-12-15-32-16-13-29)19-4-8-21(26)9-5-19/h4-11,23H,2-3,12-18H2,1H3,(H,27,30)(H,28,31). The van der Waals surface area contributed by atoms with Gasteiger partial charge in [-0.05, 0) is 48.4 Å². The van der Waals surface area contributed by atoms with Gasteiger partial charge in [0.1, 0.15) is 11.6 Å². The third-order valence-corrected chi connectivity index (χ3v) is 5.53. The molecule has 1 saturated heterocycles. The highest BCUT2D eigenvalue weighted by atomic mass is 19.1. The second-order valence-corrected chi connectivity index (χ2v) is 7.93. The molecule has 2 N–H and O–H groups in total. The van der Waals surface area contributed by atoms with Crippen LogP contribution >= 0.6 is 0 Å². The smallest absolute Gasteiger partial charge is 0.251 e. The van der Waals surface area contributed by atoms with E-state index in [9.17, 15) is 14.0 Å². The van der Waals surface area contributed by atoms with Crippen LogP contribution in [0.2, 0.25) is 0 Å². The van der Waals surface area contributed by atoms with E-state index >= 15 is 0 Å². The number of halogens is 1. The molecule has 0 aromatic heterocycles. The van der Waals surface area contributed by atoms with Crippen molar-refractivity contribution in [2.45, 2.75) is 25.8 Å². The van der Waals surface area contributed by atoms with Crippen molar-refractivity contribution in [2.24, 2.45) is 0 Å². The Morgan fingerprint density at radius 2 is 1.76 bits per heavy atom. The van der Waals surface area contributed by atoms with Gasteiger partial charge in [0.25, 0.3) is 5.91 Å². The van der Waals surface area contributed by atoms with Crippen LogP contribution in [0, 0.1) is 5.82 Å². The zero-order chi connectivity index (χ0) is 23.5. The van der Waals surface area contributed by atoms with Crippen LogP contribution in [0.15, 0.2) is 48.5 Å². The quantitative estimate of drug-likeness (QED) is 0.507. The number of carbonyl (C=O) groups is 2. The summed E-state index contributed by atoms with van der Waals surface area (Å²) in [6, 6.07) is 13.1. The third kappa shape index (κ3) is 7.83. The normalized spacial score (nSPS) is 15.0. The number of nitrogens with zero attached hydrogens (tertiary/aromatic N) is 1. The predicted molar refractivity (Wildman–Crippen MR) is 124 cm³/mol. The number of unbranched alkanes of at least 4 members (excludes halogenated alkanes) is 1. The van der Waals surface area contributed by atoms with Crippen molar-refractivity contribution in [2.75, 3.05) is 46.0 Å². The lowest BCUT2D eigenvalue weighted by atomic mass is 10.0. The van der Waals surface area contributed by atoms with Crippen LogP contribution in [-0.2, 0) is 9.53 Å². The molecule has 1 aliphatic heterocycles. The lowest BCUT2D eigenvalue weighted by Gasteiger charge is -2.35. The number of hydrogen-bond donors (Lipinski definition) is 2. The van der Waals surface area contributed by atoms with Crippen LogP contribution in [0.25, 0.3) is 0 Å². The van der Waals surface area contributed by atoms with Gasteiger partial charge in [0.2, 0.25) is 5.91 Å². The number of benzene rings is 2.